The number of aliphatic hydroxyl groups excluding tert-OH is 1. The first-order valence-electron chi connectivity index (χ1n) is 10.7. The van der Waals surface area contributed by atoms with E-state index in [0.717, 1.165) is 46.4 Å². The molecule has 0 bridgehead atoms. The van der Waals surface area contributed by atoms with E-state index in [4.69, 9.17) is 26.2 Å². The van der Waals surface area contributed by atoms with Gasteiger partial charge in [0, 0.05) is 41.8 Å². The lowest BCUT2D eigenvalue weighted by Gasteiger charge is -2.22. The summed E-state index contributed by atoms with van der Waals surface area (Å²) in [6.45, 7) is 1.33. The summed E-state index contributed by atoms with van der Waals surface area (Å²) in [6.07, 6.45) is 1.81. The first-order chi connectivity index (χ1) is 17.2. The van der Waals surface area contributed by atoms with E-state index in [9.17, 15) is 0 Å². The summed E-state index contributed by atoms with van der Waals surface area (Å²) in [6, 6.07) is 22.2. The van der Waals surface area contributed by atoms with Gasteiger partial charge in [-0.25, -0.2) is 4.98 Å². The number of hydrogen-bond acceptors (Lipinski definition) is 8. The Morgan fingerprint density at radius 2 is 1.83 bits per heavy atom. The molecular formula is C26H28ClN3O3S2. The maximum atomic E-state index is 7.00. The van der Waals surface area contributed by atoms with Crippen LogP contribution in [0.25, 0.3) is 0 Å². The molecule has 2 N–H and O–H groups in total. The molecule has 0 atom stereocenters. The number of thiazole rings is 1. The van der Waals surface area contributed by atoms with E-state index in [1.54, 1.807) is 37.5 Å². The summed E-state index contributed by atoms with van der Waals surface area (Å²) in [7, 11) is 4.31. The van der Waals surface area contributed by atoms with E-state index in [1.165, 1.54) is 5.56 Å². The third kappa shape index (κ3) is 7.53. The fraction of sp³-hybridized carbons (Fsp3) is 0.192. The van der Waals surface area contributed by atoms with Crippen molar-refractivity contribution in [3.05, 3.63) is 94.5 Å². The molecule has 0 radical (unpaired) electrons. The number of ether oxygens (including phenoxy) is 2. The highest BCUT2D eigenvalue weighted by atomic mass is 35.5. The number of methoxy groups -OCH3 is 2. The number of nitrogens with zero attached hydrogens (tertiary/aromatic N) is 2. The van der Waals surface area contributed by atoms with Crippen LogP contribution in [0.4, 0.5) is 10.8 Å². The lowest BCUT2D eigenvalue weighted by molar-refractivity contribution is 0.391. The molecule has 1 aromatic heterocycles. The summed E-state index contributed by atoms with van der Waals surface area (Å²) in [4.78, 5) is 5.54. The summed E-state index contributed by atoms with van der Waals surface area (Å²) in [5.41, 5.74) is 3.14. The van der Waals surface area contributed by atoms with E-state index < -0.39 is 0 Å². The predicted octanol–water partition coefficient (Wildman–Crippen LogP) is 6.75. The van der Waals surface area contributed by atoms with Crippen molar-refractivity contribution >= 4 is 45.7 Å². The molecule has 0 spiro atoms. The topological polar surface area (TPSA) is 66.9 Å². The molecule has 0 aliphatic rings. The number of hydrogen-bond donors (Lipinski definition) is 2. The second kappa shape index (κ2) is 13.8. The molecule has 4 aromatic rings. The number of aromatic nitrogens is 1. The van der Waals surface area contributed by atoms with E-state index >= 15 is 0 Å². The van der Waals surface area contributed by atoms with Crippen molar-refractivity contribution in [2.45, 2.75) is 18.0 Å². The van der Waals surface area contributed by atoms with Gasteiger partial charge < -0.3 is 19.9 Å². The average Bonchev–Trinajstić information content (AvgIpc) is 3.45. The standard InChI is InChI=1S/C25H24ClN3O2S2.CH4O/c1-30-20-9-8-19(24(14-20)31-2)17-29(25-27-12-13-32-25)33-21-10-11-23(22(26)15-21)28-16-18-6-4-3-5-7-18;1-2/h3-15,28H,16-17H2,1-2H3;2H,1H3. The maximum absolute atomic E-state index is 7.00. The molecule has 0 saturated heterocycles. The molecule has 9 heteroatoms. The zero-order chi connectivity index (χ0) is 25.0. The molecule has 35 heavy (non-hydrogen) atoms. The summed E-state index contributed by atoms with van der Waals surface area (Å²) in [5.74, 6) is 1.53. The van der Waals surface area contributed by atoms with Gasteiger partial charge in [0.2, 0.25) is 0 Å². The van der Waals surface area contributed by atoms with Gasteiger partial charge in [-0.15, -0.1) is 11.3 Å². The minimum atomic E-state index is 0.608. The van der Waals surface area contributed by atoms with Gasteiger partial charge in [-0.1, -0.05) is 41.9 Å². The Kier molecular flexibility index (Phi) is 10.6. The Morgan fingerprint density at radius 3 is 2.49 bits per heavy atom. The van der Waals surface area contributed by atoms with Crippen LogP contribution in [0.3, 0.4) is 0 Å². The molecule has 184 valence electrons. The number of nitrogens with one attached hydrogen (secondary N) is 1. The molecule has 4 rings (SSSR count). The normalized spacial score (nSPS) is 10.2. The Morgan fingerprint density at radius 1 is 1.03 bits per heavy atom. The molecule has 0 fully saturated rings. The van der Waals surface area contributed by atoms with Crippen molar-refractivity contribution in [3.63, 3.8) is 0 Å². The molecule has 0 aliphatic carbocycles. The third-order valence-corrected chi connectivity index (χ3v) is 7.13. The van der Waals surface area contributed by atoms with Crippen LogP contribution in [0.15, 0.2) is 83.2 Å². The molecule has 0 saturated carbocycles. The van der Waals surface area contributed by atoms with Gasteiger partial charge in [0.15, 0.2) is 5.13 Å². The largest absolute Gasteiger partial charge is 0.497 e. The number of aliphatic hydroxyl groups is 1. The van der Waals surface area contributed by atoms with Crippen LogP contribution in [-0.2, 0) is 13.1 Å². The predicted molar refractivity (Wildman–Crippen MR) is 147 cm³/mol. The van der Waals surface area contributed by atoms with Crippen LogP contribution in [0.5, 0.6) is 11.5 Å². The molecule has 1 heterocycles. The van der Waals surface area contributed by atoms with Crippen LogP contribution in [0.1, 0.15) is 11.1 Å². The highest BCUT2D eigenvalue weighted by Gasteiger charge is 2.16. The van der Waals surface area contributed by atoms with Gasteiger partial charge in [0.05, 0.1) is 31.5 Å². The first kappa shape index (κ1) is 26.7. The van der Waals surface area contributed by atoms with Crippen LogP contribution < -0.4 is 19.1 Å². The second-order valence-electron chi connectivity index (χ2n) is 7.10. The lowest BCUT2D eigenvalue weighted by atomic mass is 10.2. The first-order valence-corrected chi connectivity index (χ1v) is 12.8. The van der Waals surface area contributed by atoms with Crippen molar-refractivity contribution in [2.75, 3.05) is 31.0 Å². The smallest absolute Gasteiger partial charge is 0.195 e. The zero-order valence-corrected chi connectivity index (χ0v) is 22.2. The fourth-order valence-corrected chi connectivity index (χ4v) is 5.21. The minimum Gasteiger partial charge on any atom is -0.497 e. The quantitative estimate of drug-likeness (QED) is 0.220. The molecule has 6 nitrogen and oxygen atoms in total. The Hall–Kier alpha value is -2.91. The van der Waals surface area contributed by atoms with E-state index in [0.29, 0.717) is 11.6 Å². The fourth-order valence-electron chi connectivity index (χ4n) is 3.23. The Balaban J connectivity index is 0.00000167. The molecule has 3 aromatic carbocycles. The molecular weight excluding hydrogens is 502 g/mol. The van der Waals surface area contributed by atoms with Crippen molar-refractivity contribution in [3.8, 4) is 11.5 Å². The minimum absolute atomic E-state index is 0.608. The average molecular weight is 530 g/mol. The number of halogens is 1. The molecule has 0 unspecified atom stereocenters. The molecule has 0 aliphatic heterocycles. The third-order valence-electron chi connectivity index (χ3n) is 4.92. The number of benzene rings is 3. The van der Waals surface area contributed by atoms with Crippen molar-refractivity contribution in [1.82, 2.24) is 4.98 Å². The number of rotatable bonds is 10. The molecule has 0 amide bonds. The van der Waals surface area contributed by atoms with E-state index in [2.05, 4.69) is 32.8 Å². The van der Waals surface area contributed by atoms with Crippen molar-refractivity contribution in [1.29, 1.82) is 0 Å². The van der Waals surface area contributed by atoms with Gasteiger partial charge in [-0.3, -0.25) is 4.31 Å². The van der Waals surface area contributed by atoms with E-state index in [-0.39, 0.29) is 0 Å². The van der Waals surface area contributed by atoms with Gasteiger partial charge in [0.1, 0.15) is 11.5 Å². The highest BCUT2D eigenvalue weighted by molar-refractivity contribution is 8.00. The van der Waals surface area contributed by atoms with Crippen molar-refractivity contribution < 1.29 is 14.6 Å². The Labute approximate surface area is 219 Å². The number of anilines is 2. The summed E-state index contributed by atoms with van der Waals surface area (Å²) >= 11 is 9.78. The van der Waals surface area contributed by atoms with Crippen LogP contribution in [-0.4, -0.2) is 31.4 Å². The van der Waals surface area contributed by atoms with Crippen LogP contribution in [0, 0.1) is 0 Å². The second-order valence-corrected chi connectivity index (χ2v) is 9.48. The zero-order valence-electron chi connectivity index (χ0n) is 19.8. The SMILES string of the molecule is CO.COc1ccc(CN(Sc2ccc(NCc3ccccc3)c(Cl)c2)c2nccs2)c(OC)c1. The van der Waals surface area contributed by atoms with Gasteiger partial charge in [-0.2, -0.15) is 0 Å². The summed E-state index contributed by atoms with van der Waals surface area (Å²) in [5, 5.41) is 14.0. The van der Waals surface area contributed by atoms with Crippen molar-refractivity contribution in [2.24, 2.45) is 0 Å². The maximum Gasteiger partial charge on any atom is 0.195 e. The lowest BCUT2D eigenvalue weighted by Crippen LogP contribution is -2.14. The van der Waals surface area contributed by atoms with Crippen LogP contribution >= 0.6 is 34.9 Å². The van der Waals surface area contributed by atoms with Gasteiger partial charge >= 0.3 is 0 Å². The van der Waals surface area contributed by atoms with Gasteiger partial charge in [0.25, 0.3) is 0 Å². The van der Waals surface area contributed by atoms with E-state index in [1.807, 2.05) is 60.1 Å². The summed E-state index contributed by atoms with van der Waals surface area (Å²) < 4.78 is 13.1. The monoisotopic (exact) mass is 529 g/mol. The Bertz CT molecular complexity index is 1180. The van der Waals surface area contributed by atoms with Gasteiger partial charge in [-0.05, 0) is 47.8 Å². The van der Waals surface area contributed by atoms with Crippen LogP contribution in [0.2, 0.25) is 5.02 Å². The highest BCUT2D eigenvalue weighted by Crippen LogP contribution is 2.37.